The Bertz CT molecular complexity index is 709. The van der Waals surface area contributed by atoms with Gasteiger partial charge in [0.2, 0.25) is 17.7 Å². The highest BCUT2D eigenvalue weighted by Crippen LogP contribution is 2.22. The molecule has 0 aliphatic carbocycles. The Labute approximate surface area is 158 Å². The van der Waals surface area contributed by atoms with E-state index in [4.69, 9.17) is 4.74 Å². The monoisotopic (exact) mass is 374 g/mol. The summed E-state index contributed by atoms with van der Waals surface area (Å²) in [6.45, 7) is 5.22. The number of carbonyl (C=O) groups excluding carboxylic acids is 3. The third-order valence-electron chi connectivity index (χ3n) is 4.85. The minimum Gasteiger partial charge on any atom is -0.494 e. The number of amides is 3. The molecule has 0 radical (unpaired) electrons. The summed E-state index contributed by atoms with van der Waals surface area (Å²) < 4.78 is 5.68. The fraction of sp³-hybridized carbons (Fsp3) is 0.526. The summed E-state index contributed by atoms with van der Waals surface area (Å²) in [4.78, 5) is 40.2. The molecule has 8 heteroatoms. The number of rotatable bonds is 6. The average Bonchev–Trinajstić information content (AvgIpc) is 2.66. The second-order valence-corrected chi connectivity index (χ2v) is 6.69. The molecule has 0 aromatic heterocycles. The molecule has 0 bridgehead atoms. The zero-order chi connectivity index (χ0) is 19.2. The summed E-state index contributed by atoms with van der Waals surface area (Å²) in [5.41, 5.74) is 0.990. The SMILES string of the molecule is CCOc1ccccc1CN1CCNC(=O)[C@H]1CC(=O)N1CCNC(=O)C1. The van der Waals surface area contributed by atoms with E-state index in [0.29, 0.717) is 39.3 Å². The van der Waals surface area contributed by atoms with Crippen LogP contribution in [0.2, 0.25) is 0 Å². The molecule has 2 saturated heterocycles. The van der Waals surface area contributed by atoms with Crippen LogP contribution in [0.1, 0.15) is 18.9 Å². The Morgan fingerprint density at radius 2 is 1.96 bits per heavy atom. The third kappa shape index (κ3) is 4.77. The molecule has 2 heterocycles. The normalized spacial score (nSPS) is 20.8. The quantitative estimate of drug-likeness (QED) is 0.716. The van der Waals surface area contributed by atoms with Gasteiger partial charge < -0.3 is 20.3 Å². The fourth-order valence-corrected chi connectivity index (χ4v) is 3.47. The molecule has 1 aromatic rings. The Balaban J connectivity index is 1.71. The number of para-hydroxylation sites is 1. The molecule has 1 aromatic carbocycles. The van der Waals surface area contributed by atoms with Crippen molar-refractivity contribution in [3.63, 3.8) is 0 Å². The number of benzene rings is 1. The first-order valence-corrected chi connectivity index (χ1v) is 9.35. The zero-order valence-electron chi connectivity index (χ0n) is 15.6. The molecule has 2 aliphatic rings. The number of ether oxygens (including phenoxy) is 1. The van der Waals surface area contributed by atoms with Gasteiger partial charge in [0.25, 0.3) is 0 Å². The Kier molecular flexibility index (Phi) is 6.28. The molecule has 0 spiro atoms. The molecule has 3 rings (SSSR count). The standard InChI is InChI=1S/C19H26N4O4/c1-2-27-16-6-4-3-5-14(16)12-22-9-8-21-19(26)15(22)11-18(25)23-10-7-20-17(24)13-23/h3-6,15H,2,7-13H2,1H3,(H,20,24)(H,21,26)/t15-/m1/s1. The van der Waals surface area contributed by atoms with Gasteiger partial charge in [-0.15, -0.1) is 0 Å². The summed E-state index contributed by atoms with van der Waals surface area (Å²) in [6.07, 6.45) is 0.0654. The van der Waals surface area contributed by atoms with Crippen molar-refractivity contribution in [3.8, 4) is 5.75 Å². The molecule has 146 valence electrons. The van der Waals surface area contributed by atoms with Crippen LogP contribution in [-0.4, -0.2) is 72.9 Å². The van der Waals surface area contributed by atoms with Crippen LogP contribution in [0, 0.1) is 0 Å². The van der Waals surface area contributed by atoms with Gasteiger partial charge in [-0.25, -0.2) is 0 Å². The number of hydrogen-bond acceptors (Lipinski definition) is 5. The summed E-state index contributed by atoms with van der Waals surface area (Å²) in [5, 5.41) is 5.55. The maximum atomic E-state index is 12.6. The molecular weight excluding hydrogens is 348 g/mol. The largest absolute Gasteiger partial charge is 0.494 e. The number of carbonyl (C=O) groups is 3. The molecule has 0 saturated carbocycles. The predicted molar refractivity (Wildman–Crippen MR) is 99.0 cm³/mol. The van der Waals surface area contributed by atoms with Crippen molar-refractivity contribution in [2.75, 3.05) is 39.3 Å². The third-order valence-corrected chi connectivity index (χ3v) is 4.85. The first kappa shape index (κ1) is 19.2. The number of nitrogens with zero attached hydrogens (tertiary/aromatic N) is 2. The zero-order valence-corrected chi connectivity index (χ0v) is 15.6. The van der Waals surface area contributed by atoms with Crippen molar-refractivity contribution in [1.29, 1.82) is 0 Å². The molecule has 3 amide bonds. The van der Waals surface area contributed by atoms with Gasteiger partial charge in [-0.1, -0.05) is 18.2 Å². The van der Waals surface area contributed by atoms with Crippen LogP contribution in [0.15, 0.2) is 24.3 Å². The average molecular weight is 374 g/mol. The van der Waals surface area contributed by atoms with E-state index in [0.717, 1.165) is 11.3 Å². The Morgan fingerprint density at radius 1 is 1.19 bits per heavy atom. The number of hydrogen-bond donors (Lipinski definition) is 2. The lowest BCUT2D eigenvalue weighted by Crippen LogP contribution is -2.57. The topological polar surface area (TPSA) is 91.0 Å². The lowest BCUT2D eigenvalue weighted by molar-refractivity contribution is -0.142. The molecule has 2 N–H and O–H groups in total. The smallest absolute Gasteiger partial charge is 0.239 e. The number of piperazine rings is 2. The van der Waals surface area contributed by atoms with Gasteiger partial charge in [0.1, 0.15) is 5.75 Å². The van der Waals surface area contributed by atoms with Crippen molar-refractivity contribution in [2.45, 2.75) is 25.9 Å². The van der Waals surface area contributed by atoms with Crippen LogP contribution >= 0.6 is 0 Å². The van der Waals surface area contributed by atoms with Crippen LogP contribution in [0.5, 0.6) is 5.75 Å². The van der Waals surface area contributed by atoms with Gasteiger partial charge in [0.15, 0.2) is 0 Å². The van der Waals surface area contributed by atoms with Crippen molar-refractivity contribution in [3.05, 3.63) is 29.8 Å². The maximum Gasteiger partial charge on any atom is 0.239 e. The van der Waals surface area contributed by atoms with Crippen molar-refractivity contribution >= 4 is 17.7 Å². The van der Waals surface area contributed by atoms with Gasteiger partial charge in [-0.2, -0.15) is 0 Å². The Hall–Kier alpha value is -2.61. The van der Waals surface area contributed by atoms with Crippen LogP contribution < -0.4 is 15.4 Å². The van der Waals surface area contributed by atoms with Crippen molar-refractivity contribution in [1.82, 2.24) is 20.4 Å². The lowest BCUT2D eigenvalue weighted by Gasteiger charge is -2.36. The molecular formula is C19H26N4O4. The van der Waals surface area contributed by atoms with E-state index < -0.39 is 6.04 Å². The first-order valence-electron chi connectivity index (χ1n) is 9.35. The van der Waals surface area contributed by atoms with Crippen molar-refractivity contribution < 1.29 is 19.1 Å². The second-order valence-electron chi connectivity index (χ2n) is 6.69. The molecule has 2 fully saturated rings. The first-order chi connectivity index (χ1) is 13.1. The van der Waals surface area contributed by atoms with Crippen molar-refractivity contribution in [2.24, 2.45) is 0 Å². The molecule has 27 heavy (non-hydrogen) atoms. The number of nitrogens with one attached hydrogen (secondary N) is 2. The van der Waals surface area contributed by atoms with Crippen LogP contribution in [0.25, 0.3) is 0 Å². The van der Waals surface area contributed by atoms with Gasteiger partial charge in [-0.3, -0.25) is 19.3 Å². The minimum atomic E-state index is -0.550. The molecule has 8 nitrogen and oxygen atoms in total. The van der Waals surface area contributed by atoms with E-state index in [-0.39, 0.29) is 30.7 Å². The van der Waals surface area contributed by atoms with Crippen LogP contribution in [0.4, 0.5) is 0 Å². The lowest BCUT2D eigenvalue weighted by atomic mass is 10.1. The van der Waals surface area contributed by atoms with Crippen LogP contribution in [-0.2, 0) is 20.9 Å². The van der Waals surface area contributed by atoms with Gasteiger partial charge in [0, 0.05) is 38.3 Å². The highest BCUT2D eigenvalue weighted by molar-refractivity contribution is 5.91. The predicted octanol–water partition coefficient (Wildman–Crippen LogP) is -0.266. The molecule has 1 atom stereocenters. The van der Waals surface area contributed by atoms with E-state index in [2.05, 4.69) is 10.6 Å². The summed E-state index contributed by atoms with van der Waals surface area (Å²) in [7, 11) is 0. The van der Waals surface area contributed by atoms with Crippen LogP contribution in [0.3, 0.4) is 0 Å². The van der Waals surface area contributed by atoms with E-state index >= 15 is 0 Å². The minimum absolute atomic E-state index is 0.0559. The highest BCUT2D eigenvalue weighted by Gasteiger charge is 2.34. The summed E-state index contributed by atoms with van der Waals surface area (Å²) >= 11 is 0. The fourth-order valence-electron chi connectivity index (χ4n) is 3.47. The van der Waals surface area contributed by atoms with E-state index in [9.17, 15) is 14.4 Å². The maximum absolute atomic E-state index is 12.6. The van der Waals surface area contributed by atoms with E-state index in [1.165, 1.54) is 4.90 Å². The summed E-state index contributed by atoms with van der Waals surface area (Å²) in [6, 6.07) is 7.19. The second kappa shape index (κ2) is 8.85. The van der Waals surface area contributed by atoms with Gasteiger partial charge >= 0.3 is 0 Å². The Morgan fingerprint density at radius 3 is 2.74 bits per heavy atom. The van der Waals surface area contributed by atoms with E-state index in [1.54, 1.807) is 0 Å². The molecule has 0 unspecified atom stereocenters. The van der Waals surface area contributed by atoms with E-state index in [1.807, 2.05) is 36.1 Å². The summed E-state index contributed by atoms with van der Waals surface area (Å²) in [5.74, 6) is 0.314. The van der Waals surface area contributed by atoms with Gasteiger partial charge in [0.05, 0.1) is 25.6 Å². The van der Waals surface area contributed by atoms with Gasteiger partial charge in [-0.05, 0) is 13.0 Å². The highest BCUT2D eigenvalue weighted by atomic mass is 16.5. The molecule has 2 aliphatic heterocycles.